The first-order chi connectivity index (χ1) is 8.83. The number of rotatable bonds is 6. The van der Waals surface area contributed by atoms with Crippen LogP contribution >= 0.6 is 0 Å². The average Bonchev–Trinajstić information content (AvgIpc) is 2.91. The molecule has 1 unspecified atom stereocenters. The number of nitrogens with one attached hydrogen (secondary N) is 1. The fourth-order valence-corrected chi connectivity index (χ4v) is 2.19. The van der Waals surface area contributed by atoms with Gasteiger partial charge in [0.1, 0.15) is 0 Å². The molecule has 1 saturated heterocycles. The number of methoxy groups -OCH3 is 2. The molecule has 1 heterocycles. The van der Waals surface area contributed by atoms with Crippen molar-refractivity contribution < 1.29 is 14.2 Å². The highest BCUT2D eigenvalue weighted by atomic mass is 16.5. The maximum atomic E-state index is 5.72. The summed E-state index contributed by atoms with van der Waals surface area (Å²) in [7, 11) is 3.28. The van der Waals surface area contributed by atoms with E-state index in [9.17, 15) is 0 Å². The van der Waals surface area contributed by atoms with Gasteiger partial charge in [0.25, 0.3) is 0 Å². The molecule has 1 aromatic rings. The Morgan fingerprint density at radius 1 is 1.22 bits per heavy atom. The van der Waals surface area contributed by atoms with Gasteiger partial charge < -0.3 is 19.5 Å². The van der Waals surface area contributed by atoms with Crippen LogP contribution in [0.25, 0.3) is 0 Å². The second kappa shape index (κ2) is 6.61. The Bertz CT molecular complexity index is 375. The molecular formula is C14H21NO3. The largest absolute Gasteiger partial charge is 0.493 e. The summed E-state index contributed by atoms with van der Waals surface area (Å²) in [6, 6.07) is 6.39. The zero-order valence-corrected chi connectivity index (χ0v) is 11.1. The van der Waals surface area contributed by atoms with E-state index in [1.54, 1.807) is 14.2 Å². The molecule has 1 aliphatic heterocycles. The topological polar surface area (TPSA) is 39.7 Å². The van der Waals surface area contributed by atoms with Crippen molar-refractivity contribution >= 4 is 0 Å². The molecule has 1 aliphatic rings. The minimum Gasteiger partial charge on any atom is -0.493 e. The van der Waals surface area contributed by atoms with Crippen LogP contribution in [0.3, 0.4) is 0 Å². The predicted octanol–water partition coefficient (Wildman–Crippen LogP) is 1.97. The SMILES string of the molecule is COc1ccc(COCC2CCCN2)cc1OC. The molecule has 1 fully saturated rings. The molecule has 4 nitrogen and oxygen atoms in total. The number of ether oxygens (including phenoxy) is 3. The Balaban J connectivity index is 1.84. The van der Waals surface area contributed by atoms with Gasteiger partial charge in [0.15, 0.2) is 11.5 Å². The lowest BCUT2D eigenvalue weighted by Crippen LogP contribution is -2.26. The van der Waals surface area contributed by atoms with Crippen LogP contribution in [-0.2, 0) is 11.3 Å². The van der Waals surface area contributed by atoms with E-state index in [1.165, 1.54) is 12.8 Å². The van der Waals surface area contributed by atoms with Crippen molar-refractivity contribution in [2.24, 2.45) is 0 Å². The monoisotopic (exact) mass is 251 g/mol. The molecule has 18 heavy (non-hydrogen) atoms. The molecule has 0 aromatic heterocycles. The van der Waals surface area contributed by atoms with E-state index in [-0.39, 0.29) is 0 Å². The van der Waals surface area contributed by atoms with Gasteiger partial charge in [0, 0.05) is 6.04 Å². The first-order valence-electron chi connectivity index (χ1n) is 6.35. The van der Waals surface area contributed by atoms with E-state index < -0.39 is 0 Å². The second-order valence-electron chi connectivity index (χ2n) is 4.50. The van der Waals surface area contributed by atoms with Gasteiger partial charge in [-0.1, -0.05) is 6.07 Å². The van der Waals surface area contributed by atoms with Gasteiger partial charge >= 0.3 is 0 Å². The Morgan fingerprint density at radius 2 is 2.06 bits per heavy atom. The highest BCUT2D eigenvalue weighted by molar-refractivity contribution is 5.42. The van der Waals surface area contributed by atoms with Crippen molar-refractivity contribution in [3.63, 3.8) is 0 Å². The van der Waals surface area contributed by atoms with E-state index in [2.05, 4.69) is 5.32 Å². The first kappa shape index (κ1) is 13.2. The van der Waals surface area contributed by atoms with Crippen LogP contribution in [0.4, 0.5) is 0 Å². The van der Waals surface area contributed by atoms with Crippen LogP contribution in [0.15, 0.2) is 18.2 Å². The molecule has 0 spiro atoms. The Hall–Kier alpha value is -1.26. The van der Waals surface area contributed by atoms with Gasteiger partial charge in [0.2, 0.25) is 0 Å². The smallest absolute Gasteiger partial charge is 0.161 e. The van der Waals surface area contributed by atoms with Gasteiger partial charge in [0.05, 0.1) is 27.4 Å². The van der Waals surface area contributed by atoms with Gasteiger partial charge in [-0.05, 0) is 37.1 Å². The molecule has 4 heteroatoms. The number of hydrogen-bond donors (Lipinski definition) is 1. The standard InChI is InChI=1S/C14H21NO3/c1-16-13-6-5-11(8-14(13)17-2)9-18-10-12-4-3-7-15-12/h5-6,8,12,15H,3-4,7,9-10H2,1-2H3. The van der Waals surface area contributed by atoms with Crippen molar-refractivity contribution in [3.8, 4) is 11.5 Å². The lowest BCUT2D eigenvalue weighted by Gasteiger charge is -2.12. The Morgan fingerprint density at radius 3 is 2.72 bits per heavy atom. The van der Waals surface area contributed by atoms with Crippen LogP contribution in [0, 0.1) is 0 Å². The molecule has 0 radical (unpaired) electrons. The summed E-state index contributed by atoms with van der Waals surface area (Å²) in [6.07, 6.45) is 2.47. The summed E-state index contributed by atoms with van der Waals surface area (Å²) in [5.41, 5.74) is 1.10. The molecule has 0 saturated carbocycles. The summed E-state index contributed by atoms with van der Waals surface area (Å²) in [4.78, 5) is 0. The molecule has 1 aromatic carbocycles. The van der Waals surface area contributed by atoms with E-state index in [1.807, 2.05) is 18.2 Å². The normalized spacial score (nSPS) is 18.9. The third-order valence-electron chi connectivity index (χ3n) is 3.20. The zero-order chi connectivity index (χ0) is 12.8. The van der Waals surface area contributed by atoms with Gasteiger partial charge in [-0.3, -0.25) is 0 Å². The number of benzene rings is 1. The fraction of sp³-hybridized carbons (Fsp3) is 0.571. The third kappa shape index (κ3) is 3.37. The van der Waals surface area contributed by atoms with Gasteiger partial charge in [-0.25, -0.2) is 0 Å². The highest BCUT2D eigenvalue weighted by Gasteiger charge is 2.13. The molecule has 1 N–H and O–H groups in total. The van der Waals surface area contributed by atoms with Crippen LogP contribution in [0.2, 0.25) is 0 Å². The van der Waals surface area contributed by atoms with E-state index in [0.717, 1.165) is 30.2 Å². The molecule has 1 atom stereocenters. The maximum absolute atomic E-state index is 5.72. The van der Waals surface area contributed by atoms with Crippen LogP contribution in [-0.4, -0.2) is 33.4 Å². The summed E-state index contributed by atoms with van der Waals surface area (Å²) >= 11 is 0. The van der Waals surface area contributed by atoms with Crippen LogP contribution in [0.5, 0.6) is 11.5 Å². The van der Waals surface area contributed by atoms with Crippen molar-refractivity contribution in [2.45, 2.75) is 25.5 Å². The minimum absolute atomic E-state index is 0.519. The first-order valence-corrected chi connectivity index (χ1v) is 6.35. The lowest BCUT2D eigenvalue weighted by molar-refractivity contribution is 0.103. The van der Waals surface area contributed by atoms with Gasteiger partial charge in [-0.15, -0.1) is 0 Å². The number of hydrogen-bond acceptors (Lipinski definition) is 4. The molecule has 0 amide bonds. The predicted molar refractivity (Wildman–Crippen MR) is 70.2 cm³/mol. The zero-order valence-electron chi connectivity index (χ0n) is 11.1. The average molecular weight is 251 g/mol. The molecule has 0 aliphatic carbocycles. The summed E-state index contributed by atoms with van der Waals surface area (Å²) in [5.74, 6) is 1.50. The lowest BCUT2D eigenvalue weighted by atomic mass is 10.2. The summed E-state index contributed by atoms with van der Waals surface area (Å²) < 4.78 is 16.2. The molecule has 100 valence electrons. The van der Waals surface area contributed by atoms with Crippen LogP contribution in [0.1, 0.15) is 18.4 Å². The van der Waals surface area contributed by atoms with Crippen LogP contribution < -0.4 is 14.8 Å². The van der Waals surface area contributed by atoms with Crippen molar-refractivity contribution in [3.05, 3.63) is 23.8 Å². The second-order valence-corrected chi connectivity index (χ2v) is 4.50. The molecule has 2 rings (SSSR count). The summed E-state index contributed by atoms with van der Waals surface area (Å²) in [6.45, 7) is 2.50. The van der Waals surface area contributed by atoms with E-state index in [0.29, 0.717) is 12.6 Å². The highest BCUT2D eigenvalue weighted by Crippen LogP contribution is 2.27. The fourth-order valence-electron chi connectivity index (χ4n) is 2.19. The van der Waals surface area contributed by atoms with Crippen molar-refractivity contribution in [1.29, 1.82) is 0 Å². The van der Waals surface area contributed by atoms with Crippen molar-refractivity contribution in [2.75, 3.05) is 27.4 Å². The van der Waals surface area contributed by atoms with E-state index >= 15 is 0 Å². The molecule has 0 bridgehead atoms. The minimum atomic E-state index is 0.519. The Labute approximate surface area is 108 Å². The maximum Gasteiger partial charge on any atom is 0.161 e. The quantitative estimate of drug-likeness (QED) is 0.839. The molecular weight excluding hydrogens is 230 g/mol. The van der Waals surface area contributed by atoms with Gasteiger partial charge in [-0.2, -0.15) is 0 Å². The van der Waals surface area contributed by atoms with Crippen molar-refractivity contribution in [1.82, 2.24) is 5.32 Å². The third-order valence-corrected chi connectivity index (χ3v) is 3.20. The summed E-state index contributed by atoms with van der Waals surface area (Å²) in [5, 5.41) is 3.41. The van der Waals surface area contributed by atoms with E-state index in [4.69, 9.17) is 14.2 Å². The Kier molecular flexibility index (Phi) is 4.84.